The molecule has 2 amide bonds. The summed E-state index contributed by atoms with van der Waals surface area (Å²) in [6.45, 7) is 9.65. The second-order valence-corrected chi connectivity index (χ2v) is 7.50. The molecule has 4 nitrogen and oxygen atoms in total. The van der Waals surface area contributed by atoms with Gasteiger partial charge in [0.15, 0.2) is 0 Å². The van der Waals surface area contributed by atoms with Gasteiger partial charge >= 0.3 is 0 Å². The van der Waals surface area contributed by atoms with Crippen LogP contribution in [0, 0.1) is 6.92 Å². The number of aryl methyl sites for hydroxylation is 1. The van der Waals surface area contributed by atoms with Crippen LogP contribution in [-0.4, -0.2) is 34.3 Å². The van der Waals surface area contributed by atoms with Gasteiger partial charge in [-0.1, -0.05) is 6.92 Å². The Hall–Kier alpha value is -1.36. The highest BCUT2D eigenvalue weighted by Gasteiger charge is 2.46. The number of amides is 2. The predicted octanol–water partition coefficient (Wildman–Crippen LogP) is 2.50. The number of rotatable bonds is 4. The van der Waals surface area contributed by atoms with Crippen molar-refractivity contribution in [1.29, 1.82) is 0 Å². The number of carbonyl (C=O) groups excluding carboxylic acids is 2. The van der Waals surface area contributed by atoms with E-state index in [4.69, 9.17) is 0 Å². The number of thiophene rings is 1. The van der Waals surface area contributed by atoms with Gasteiger partial charge in [-0.2, -0.15) is 0 Å². The molecule has 0 bridgehead atoms. The lowest BCUT2D eigenvalue weighted by Crippen LogP contribution is -2.70. The molecule has 1 aliphatic rings. The van der Waals surface area contributed by atoms with Crippen molar-refractivity contribution >= 4 is 23.2 Å². The van der Waals surface area contributed by atoms with Gasteiger partial charge in [0.2, 0.25) is 11.8 Å². The van der Waals surface area contributed by atoms with E-state index in [2.05, 4.69) is 24.4 Å². The van der Waals surface area contributed by atoms with Crippen molar-refractivity contribution in [2.75, 3.05) is 0 Å². The maximum Gasteiger partial charge on any atom is 0.248 e. The number of carbonyl (C=O) groups is 2. The lowest BCUT2D eigenvalue weighted by atomic mass is 9.90. The number of hydrogen-bond donors (Lipinski definition) is 1. The molecule has 0 aromatic carbocycles. The van der Waals surface area contributed by atoms with Gasteiger partial charge in [0.1, 0.15) is 11.6 Å². The minimum absolute atomic E-state index is 0.0162. The molecule has 2 heterocycles. The van der Waals surface area contributed by atoms with Gasteiger partial charge in [-0.25, -0.2) is 0 Å². The summed E-state index contributed by atoms with van der Waals surface area (Å²) in [4.78, 5) is 29.3. The molecular weight excluding hydrogens is 284 g/mol. The van der Waals surface area contributed by atoms with Crippen LogP contribution in [0.15, 0.2) is 12.1 Å². The van der Waals surface area contributed by atoms with E-state index in [9.17, 15) is 9.59 Å². The van der Waals surface area contributed by atoms with E-state index in [0.29, 0.717) is 6.42 Å². The Balaban J connectivity index is 2.22. The van der Waals surface area contributed by atoms with Gasteiger partial charge in [-0.3, -0.25) is 9.59 Å². The summed E-state index contributed by atoms with van der Waals surface area (Å²) in [6.07, 6.45) is 1.40. The van der Waals surface area contributed by atoms with E-state index in [1.165, 1.54) is 9.75 Å². The van der Waals surface area contributed by atoms with Gasteiger partial charge < -0.3 is 10.2 Å². The van der Waals surface area contributed by atoms with Crippen molar-refractivity contribution in [3.8, 4) is 0 Å². The smallest absolute Gasteiger partial charge is 0.248 e. The van der Waals surface area contributed by atoms with Crippen molar-refractivity contribution in [1.82, 2.24) is 10.2 Å². The van der Waals surface area contributed by atoms with E-state index in [1.54, 1.807) is 23.2 Å². The second kappa shape index (κ2) is 5.79. The van der Waals surface area contributed by atoms with Crippen molar-refractivity contribution in [2.24, 2.45) is 0 Å². The number of hydrogen-bond acceptors (Lipinski definition) is 3. The molecule has 1 aromatic heterocycles. The average Bonchev–Trinajstić information content (AvgIpc) is 2.82. The third-order valence-corrected chi connectivity index (χ3v) is 5.40. The van der Waals surface area contributed by atoms with Crippen LogP contribution < -0.4 is 5.32 Å². The zero-order valence-electron chi connectivity index (χ0n) is 13.4. The molecule has 1 aromatic rings. The fourth-order valence-electron chi connectivity index (χ4n) is 2.82. The topological polar surface area (TPSA) is 49.4 Å². The Morgan fingerprint density at radius 2 is 2.10 bits per heavy atom. The molecule has 1 saturated heterocycles. The lowest BCUT2D eigenvalue weighted by molar-refractivity contribution is -0.156. The van der Waals surface area contributed by atoms with Crippen molar-refractivity contribution < 1.29 is 9.59 Å². The summed E-state index contributed by atoms with van der Waals surface area (Å²) in [5.41, 5.74) is -0.775. The summed E-state index contributed by atoms with van der Waals surface area (Å²) < 4.78 is 0. The molecule has 2 rings (SSSR count). The quantitative estimate of drug-likeness (QED) is 0.929. The van der Waals surface area contributed by atoms with Gasteiger partial charge in [0, 0.05) is 22.2 Å². The average molecular weight is 308 g/mol. The highest BCUT2D eigenvalue weighted by molar-refractivity contribution is 7.11. The first-order chi connectivity index (χ1) is 9.78. The van der Waals surface area contributed by atoms with Crippen molar-refractivity contribution in [2.45, 2.75) is 65.1 Å². The largest absolute Gasteiger partial charge is 0.340 e. The summed E-state index contributed by atoms with van der Waals surface area (Å²) >= 11 is 1.75. The Morgan fingerprint density at radius 1 is 1.43 bits per heavy atom. The summed E-state index contributed by atoms with van der Waals surface area (Å²) in [6, 6.07) is 3.81. The molecule has 5 heteroatoms. The highest BCUT2D eigenvalue weighted by Crippen LogP contribution is 2.26. The zero-order valence-corrected chi connectivity index (χ0v) is 14.2. The molecule has 1 N–H and O–H groups in total. The van der Waals surface area contributed by atoms with Gasteiger partial charge in [-0.05, 0) is 46.2 Å². The summed E-state index contributed by atoms with van der Waals surface area (Å²) in [5, 5.41) is 2.87. The summed E-state index contributed by atoms with van der Waals surface area (Å²) in [7, 11) is 0. The predicted molar refractivity (Wildman–Crippen MR) is 85.4 cm³/mol. The Bertz CT molecular complexity index is 554. The van der Waals surface area contributed by atoms with Crippen LogP contribution in [0.1, 0.15) is 43.9 Å². The molecule has 0 spiro atoms. The maximum absolute atomic E-state index is 12.8. The SMILES string of the molecule is CCC1(C)NC(=O)C(C)N(C(C)Cc2ccc(C)s2)C1=O. The van der Waals surface area contributed by atoms with Crippen LogP contribution >= 0.6 is 11.3 Å². The Labute approximate surface area is 130 Å². The van der Waals surface area contributed by atoms with Crippen molar-refractivity contribution in [3.63, 3.8) is 0 Å². The summed E-state index contributed by atoms with van der Waals surface area (Å²) in [5.74, 6) is -0.0361. The minimum Gasteiger partial charge on any atom is -0.340 e. The molecule has 1 aliphatic heterocycles. The van der Waals surface area contributed by atoms with Crippen LogP contribution in [0.25, 0.3) is 0 Å². The molecule has 0 aliphatic carbocycles. The van der Waals surface area contributed by atoms with Crippen LogP contribution in [-0.2, 0) is 16.0 Å². The van der Waals surface area contributed by atoms with Gasteiger partial charge in [0.25, 0.3) is 0 Å². The molecule has 116 valence electrons. The molecular formula is C16H24N2O2S. The van der Waals surface area contributed by atoms with E-state index in [0.717, 1.165) is 6.42 Å². The number of nitrogens with zero attached hydrogens (tertiary/aromatic N) is 1. The van der Waals surface area contributed by atoms with E-state index in [-0.39, 0.29) is 17.9 Å². The first-order valence-electron chi connectivity index (χ1n) is 7.48. The molecule has 3 atom stereocenters. The highest BCUT2D eigenvalue weighted by atomic mass is 32.1. The van der Waals surface area contributed by atoms with E-state index < -0.39 is 11.6 Å². The molecule has 0 saturated carbocycles. The normalized spacial score (nSPS) is 27.7. The Morgan fingerprint density at radius 3 is 2.62 bits per heavy atom. The lowest BCUT2D eigenvalue weighted by Gasteiger charge is -2.45. The minimum atomic E-state index is -0.775. The second-order valence-electron chi connectivity index (χ2n) is 6.13. The monoisotopic (exact) mass is 308 g/mol. The first kappa shape index (κ1) is 16.0. The molecule has 0 radical (unpaired) electrons. The number of piperazine rings is 1. The van der Waals surface area contributed by atoms with E-state index in [1.807, 2.05) is 20.8 Å². The van der Waals surface area contributed by atoms with Crippen LogP contribution in [0.4, 0.5) is 0 Å². The van der Waals surface area contributed by atoms with Gasteiger partial charge in [0.05, 0.1) is 0 Å². The van der Waals surface area contributed by atoms with Crippen molar-refractivity contribution in [3.05, 3.63) is 21.9 Å². The van der Waals surface area contributed by atoms with Crippen LogP contribution in [0.2, 0.25) is 0 Å². The molecule has 1 fully saturated rings. The maximum atomic E-state index is 12.8. The fraction of sp³-hybridized carbons (Fsp3) is 0.625. The van der Waals surface area contributed by atoms with Crippen LogP contribution in [0.5, 0.6) is 0 Å². The third kappa shape index (κ3) is 2.98. The fourth-order valence-corrected chi connectivity index (χ4v) is 3.83. The number of nitrogens with one attached hydrogen (secondary N) is 1. The third-order valence-electron chi connectivity index (χ3n) is 4.38. The van der Waals surface area contributed by atoms with E-state index >= 15 is 0 Å². The zero-order chi connectivity index (χ0) is 15.8. The van der Waals surface area contributed by atoms with Crippen LogP contribution in [0.3, 0.4) is 0 Å². The Kier molecular flexibility index (Phi) is 4.42. The first-order valence-corrected chi connectivity index (χ1v) is 8.30. The standard InChI is InChI=1S/C16H24N2O2S/c1-6-16(5)15(20)18(12(4)14(19)17-16)10(2)9-13-8-7-11(3)21-13/h7-8,10,12H,6,9H2,1-5H3,(H,17,19). The molecule has 3 unspecified atom stereocenters. The van der Waals surface area contributed by atoms with Gasteiger partial charge in [-0.15, -0.1) is 11.3 Å². The molecule has 21 heavy (non-hydrogen) atoms.